The zero-order chi connectivity index (χ0) is 22.0. The van der Waals surface area contributed by atoms with Gasteiger partial charge >= 0.3 is 0 Å². The van der Waals surface area contributed by atoms with Gasteiger partial charge in [-0.15, -0.1) is 0 Å². The fourth-order valence-electron chi connectivity index (χ4n) is 3.08. The normalized spacial score (nSPS) is 36.7. The standard InChI is InChI=1S/C16H29B2O10P/c1-8(2)23-6-12-14(16(19,20)15(18)27-12)28-29(21,22)24-7-11-10(25-9(3)4)5-13(17)26-11/h8-15,19-20H,5-7H2,1-4H3,(H,21,22)/p-1/t10?,11-,12-,13-,14?,15-/m1/s1. The van der Waals surface area contributed by atoms with E-state index in [4.69, 9.17) is 43.7 Å². The molecule has 3 unspecified atom stereocenters. The second kappa shape index (κ2) is 10.1. The van der Waals surface area contributed by atoms with E-state index in [1.54, 1.807) is 13.8 Å². The van der Waals surface area contributed by atoms with Crippen LogP contribution in [0.15, 0.2) is 0 Å². The van der Waals surface area contributed by atoms with Crippen LogP contribution in [-0.4, -0.2) is 93.5 Å². The van der Waals surface area contributed by atoms with Gasteiger partial charge in [-0.25, -0.2) is 0 Å². The molecule has 0 amide bonds. The van der Waals surface area contributed by atoms with Crippen molar-refractivity contribution in [3.05, 3.63) is 0 Å². The second-order valence-corrected chi connectivity index (χ2v) is 9.06. The third-order valence-corrected chi connectivity index (χ3v) is 5.36. The molecule has 2 heterocycles. The molecular formula is C16H28B2O10P-. The number of hydrogen-bond donors (Lipinski definition) is 2. The van der Waals surface area contributed by atoms with Crippen molar-refractivity contribution >= 4 is 23.5 Å². The van der Waals surface area contributed by atoms with Gasteiger partial charge in [0.25, 0.3) is 7.82 Å². The van der Waals surface area contributed by atoms with Crippen molar-refractivity contribution in [2.45, 2.75) is 88.5 Å². The van der Waals surface area contributed by atoms with Gasteiger partial charge in [-0.2, -0.15) is 0 Å². The van der Waals surface area contributed by atoms with Crippen LogP contribution < -0.4 is 4.89 Å². The van der Waals surface area contributed by atoms with Gasteiger partial charge in [-0.05, 0) is 34.1 Å². The highest BCUT2D eigenvalue weighted by atomic mass is 31.2. The van der Waals surface area contributed by atoms with Crippen molar-refractivity contribution < 1.29 is 47.7 Å². The molecule has 0 spiro atoms. The third kappa shape index (κ3) is 7.00. The number of ether oxygens (including phenoxy) is 4. The highest BCUT2D eigenvalue weighted by Crippen LogP contribution is 2.46. The highest BCUT2D eigenvalue weighted by Gasteiger charge is 2.55. The molecule has 4 radical (unpaired) electrons. The minimum Gasteiger partial charge on any atom is -0.756 e. The van der Waals surface area contributed by atoms with E-state index in [0.717, 1.165) is 0 Å². The summed E-state index contributed by atoms with van der Waals surface area (Å²) in [5.74, 6) is -2.76. The highest BCUT2D eigenvalue weighted by molar-refractivity contribution is 7.45. The first-order valence-corrected chi connectivity index (χ1v) is 11.0. The Morgan fingerprint density at radius 1 is 1.14 bits per heavy atom. The van der Waals surface area contributed by atoms with E-state index in [0.29, 0.717) is 6.42 Å². The van der Waals surface area contributed by atoms with E-state index >= 15 is 0 Å². The summed E-state index contributed by atoms with van der Waals surface area (Å²) in [5.41, 5.74) is 0. The van der Waals surface area contributed by atoms with Gasteiger partial charge in [0.2, 0.25) is 5.79 Å². The monoisotopic (exact) mass is 433 g/mol. The molecule has 0 aromatic carbocycles. The average Bonchev–Trinajstić information content (AvgIpc) is 3.02. The van der Waals surface area contributed by atoms with Gasteiger partial charge in [-0.3, -0.25) is 4.57 Å². The number of rotatable bonds is 10. The van der Waals surface area contributed by atoms with E-state index in [9.17, 15) is 19.7 Å². The molecule has 2 aliphatic heterocycles. The fraction of sp³-hybridized carbons (Fsp3) is 1.00. The zero-order valence-electron chi connectivity index (χ0n) is 17.0. The first-order chi connectivity index (χ1) is 13.3. The van der Waals surface area contributed by atoms with Crippen molar-refractivity contribution in [1.82, 2.24) is 0 Å². The predicted octanol–water partition coefficient (Wildman–Crippen LogP) is -1.07. The quantitative estimate of drug-likeness (QED) is 0.249. The lowest BCUT2D eigenvalue weighted by atomic mass is 9.90. The molecule has 2 rings (SSSR count). The maximum Gasteiger partial charge on any atom is 0.268 e. The van der Waals surface area contributed by atoms with Gasteiger partial charge in [0.1, 0.15) is 34.0 Å². The summed E-state index contributed by atoms with van der Waals surface area (Å²) in [5, 5.41) is 20.3. The first-order valence-electron chi connectivity index (χ1n) is 9.49. The van der Waals surface area contributed by atoms with Gasteiger partial charge in [0.05, 0.1) is 37.5 Å². The summed E-state index contributed by atoms with van der Waals surface area (Å²) in [7, 11) is 6.27. The van der Waals surface area contributed by atoms with Crippen LogP contribution in [0, 0.1) is 0 Å². The van der Waals surface area contributed by atoms with Crippen LogP contribution in [0.3, 0.4) is 0 Å². The maximum atomic E-state index is 12.3. The molecule has 2 aliphatic rings. The van der Waals surface area contributed by atoms with Crippen LogP contribution in [0.25, 0.3) is 0 Å². The second-order valence-electron chi connectivity index (χ2n) is 7.70. The fourth-order valence-corrected chi connectivity index (χ4v) is 4.04. The Bertz CT molecular complexity index is 578. The van der Waals surface area contributed by atoms with Crippen molar-refractivity contribution in [3.8, 4) is 0 Å². The molecule has 0 bridgehead atoms. The number of aliphatic hydroxyl groups is 2. The molecule has 0 saturated carbocycles. The molecule has 2 saturated heterocycles. The molecule has 0 aromatic rings. The Morgan fingerprint density at radius 2 is 1.79 bits per heavy atom. The van der Waals surface area contributed by atoms with Crippen LogP contribution in [-0.2, 0) is 32.6 Å². The minimum absolute atomic E-state index is 0.116. The van der Waals surface area contributed by atoms with Gasteiger partial charge in [0.15, 0.2) is 0 Å². The summed E-state index contributed by atoms with van der Waals surface area (Å²) in [6.45, 7) is 6.58. The van der Waals surface area contributed by atoms with Gasteiger partial charge in [0, 0.05) is 6.00 Å². The molecule has 7 atom stereocenters. The Morgan fingerprint density at radius 3 is 2.38 bits per heavy atom. The molecular weight excluding hydrogens is 405 g/mol. The largest absolute Gasteiger partial charge is 0.756 e. The van der Waals surface area contributed by atoms with E-state index in [1.807, 2.05) is 13.8 Å². The summed E-state index contributed by atoms with van der Waals surface area (Å²) in [6.07, 6.45) is -4.00. The number of phosphoric ester groups is 1. The van der Waals surface area contributed by atoms with Crippen LogP contribution >= 0.6 is 7.82 Å². The first kappa shape index (κ1) is 25.3. The lowest BCUT2D eigenvalue weighted by molar-refractivity contribution is -0.259. The lowest BCUT2D eigenvalue weighted by Gasteiger charge is -2.34. The Hall–Kier alpha value is -0.000130. The topological polar surface area (TPSA) is 136 Å². The number of phosphoric acid groups is 1. The minimum atomic E-state index is -5.00. The molecule has 13 heteroatoms. The van der Waals surface area contributed by atoms with Crippen LogP contribution in [0.2, 0.25) is 0 Å². The molecule has 0 aliphatic carbocycles. The summed E-state index contributed by atoms with van der Waals surface area (Å²) in [6, 6.07) is -2.20. The van der Waals surface area contributed by atoms with E-state index < -0.39 is 56.6 Å². The summed E-state index contributed by atoms with van der Waals surface area (Å²) in [4.78, 5) is 12.3. The molecule has 10 nitrogen and oxygen atoms in total. The SMILES string of the molecule is [B][C@@H]1O[C@H](COC(C)C)C(OP(=O)([O-])OC[C@H]2O[C@@H]([B])CC2OC(C)C)C1(O)O. The van der Waals surface area contributed by atoms with Crippen LogP contribution in [0.4, 0.5) is 0 Å². The summed E-state index contributed by atoms with van der Waals surface area (Å²) < 4.78 is 43.8. The van der Waals surface area contributed by atoms with E-state index in [-0.39, 0.29) is 18.8 Å². The van der Waals surface area contributed by atoms with Crippen LogP contribution in [0.5, 0.6) is 0 Å². The predicted molar refractivity (Wildman–Crippen MR) is 100 cm³/mol. The Balaban J connectivity index is 1.99. The number of hydrogen-bond acceptors (Lipinski definition) is 10. The Kier molecular flexibility index (Phi) is 8.78. The smallest absolute Gasteiger partial charge is 0.268 e. The maximum absolute atomic E-state index is 12.3. The third-order valence-electron chi connectivity index (χ3n) is 4.41. The van der Waals surface area contributed by atoms with Gasteiger partial charge < -0.3 is 43.1 Å². The average molecular weight is 433 g/mol. The Labute approximate surface area is 173 Å². The van der Waals surface area contributed by atoms with Crippen molar-refractivity contribution in [2.75, 3.05) is 13.2 Å². The zero-order valence-corrected chi connectivity index (χ0v) is 17.9. The molecule has 29 heavy (non-hydrogen) atoms. The molecule has 0 aromatic heterocycles. The summed E-state index contributed by atoms with van der Waals surface area (Å²) >= 11 is 0. The molecule has 164 valence electrons. The molecule has 2 N–H and O–H groups in total. The van der Waals surface area contributed by atoms with E-state index in [1.165, 1.54) is 0 Å². The molecule has 2 fully saturated rings. The van der Waals surface area contributed by atoms with Gasteiger partial charge in [-0.1, -0.05) is 0 Å². The lowest BCUT2D eigenvalue weighted by Crippen LogP contribution is -2.50. The van der Waals surface area contributed by atoms with Crippen molar-refractivity contribution in [1.29, 1.82) is 0 Å². The van der Waals surface area contributed by atoms with E-state index in [2.05, 4.69) is 0 Å². The van der Waals surface area contributed by atoms with Crippen molar-refractivity contribution in [3.63, 3.8) is 0 Å². The van der Waals surface area contributed by atoms with Crippen LogP contribution in [0.1, 0.15) is 34.1 Å². The van der Waals surface area contributed by atoms with Crippen molar-refractivity contribution in [2.24, 2.45) is 0 Å².